The SMILES string of the molecule is CCNc1nc(NC2CCSC2)c2[nH]cnc2n1. The van der Waals surface area contributed by atoms with Gasteiger partial charge in [0, 0.05) is 18.3 Å². The third-order valence-corrected chi connectivity index (χ3v) is 4.05. The van der Waals surface area contributed by atoms with Crippen LogP contribution in [0, 0.1) is 0 Å². The van der Waals surface area contributed by atoms with E-state index in [1.54, 1.807) is 6.33 Å². The van der Waals surface area contributed by atoms with Gasteiger partial charge in [-0.25, -0.2) is 4.98 Å². The number of nitrogens with zero attached hydrogens (tertiary/aromatic N) is 3. The van der Waals surface area contributed by atoms with Gasteiger partial charge in [-0.2, -0.15) is 21.7 Å². The van der Waals surface area contributed by atoms with Crippen molar-refractivity contribution in [2.24, 2.45) is 0 Å². The Morgan fingerprint density at radius 3 is 3.22 bits per heavy atom. The number of hydrogen-bond acceptors (Lipinski definition) is 6. The molecule has 2 aromatic heterocycles. The van der Waals surface area contributed by atoms with Crippen LogP contribution in [0.25, 0.3) is 11.2 Å². The summed E-state index contributed by atoms with van der Waals surface area (Å²) in [5, 5.41) is 6.62. The van der Waals surface area contributed by atoms with Crippen molar-refractivity contribution < 1.29 is 0 Å². The number of rotatable bonds is 4. The first-order chi connectivity index (χ1) is 8.86. The molecule has 0 saturated carbocycles. The fourth-order valence-corrected chi connectivity index (χ4v) is 3.17. The van der Waals surface area contributed by atoms with Gasteiger partial charge in [0.2, 0.25) is 5.95 Å². The summed E-state index contributed by atoms with van der Waals surface area (Å²) in [4.78, 5) is 16.2. The van der Waals surface area contributed by atoms with Crippen molar-refractivity contribution in [2.45, 2.75) is 19.4 Å². The monoisotopic (exact) mass is 264 g/mol. The van der Waals surface area contributed by atoms with Crippen LogP contribution in [0.4, 0.5) is 11.8 Å². The molecule has 1 aliphatic heterocycles. The van der Waals surface area contributed by atoms with Crippen LogP contribution in [-0.2, 0) is 0 Å². The van der Waals surface area contributed by atoms with E-state index in [0.29, 0.717) is 17.6 Å². The second-order valence-electron chi connectivity index (χ2n) is 4.23. The van der Waals surface area contributed by atoms with Crippen molar-refractivity contribution in [3.05, 3.63) is 6.33 Å². The average Bonchev–Trinajstić information content (AvgIpc) is 2.99. The number of hydrogen-bond donors (Lipinski definition) is 3. The highest BCUT2D eigenvalue weighted by Gasteiger charge is 2.18. The predicted octanol–water partition coefficient (Wildman–Crippen LogP) is 1.70. The Kier molecular flexibility index (Phi) is 3.22. The van der Waals surface area contributed by atoms with Crippen LogP contribution in [0.2, 0.25) is 0 Å². The molecule has 3 N–H and O–H groups in total. The Morgan fingerprint density at radius 2 is 2.44 bits per heavy atom. The number of thioether (sulfide) groups is 1. The minimum atomic E-state index is 0.492. The molecule has 2 aromatic rings. The number of anilines is 2. The largest absolute Gasteiger partial charge is 0.365 e. The summed E-state index contributed by atoms with van der Waals surface area (Å²) in [6.07, 6.45) is 2.84. The molecule has 0 amide bonds. The maximum Gasteiger partial charge on any atom is 0.226 e. The molecular weight excluding hydrogens is 248 g/mol. The third kappa shape index (κ3) is 2.22. The van der Waals surface area contributed by atoms with Gasteiger partial charge < -0.3 is 15.6 Å². The maximum atomic E-state index is 4.51. The van der Waals surface area contributed by atoms with E-state index in [1.165, 1.54) is 12.2 Å². The summed E-state index contributed by atoms with van der Waals surface area (Å²) in [6.45, 7) is 2.83. The van der Waals surface area contributed by atoms with Crippen molar-refractivity contribution in [2.75, 3.05) is 28.7 Å². The quantitative estimate of drug-likeness (QED) is 0.780. The number of nitrogens with one attached hydrogen (secondary N) is 3. The second-order valence-corrected chi connectivity index (χ2v) is 5.38. The molecule has 1 aliphatic rings. The van der Waals surface area contributed by atoms with Crippen LogP contribution in [0.1, 0.15) is 13.3 Å². The smallest absolute Gasteiger partial charge is 0.226 e. The number of fused-ring (bicyclic) bond motifs is 1. The zero-order valence-electron chi connectivity index (χ0n) is 10.2. The average molecular weight is 264 g/mol. The molecule has 96 valence electrons. The van der Waals surface area contributed by atoms with E-state index < -0.39 is 0 Å². The summed E-state index contributed by atoms with van der Waals surface area (Å²) in [6, 6.07) is 0.492. The third-order valence-electron chi connectivity index (χ3n) is 2.89. The number of imidazole rings is 1. The molecule has 6 nitrogen and oxygen atoms in total. The summed E-state index contributed by atoms with van der Waals surface area (Å²) < 4.78 is 0. The summed E-state index contributed by atoms with van der Waals surface area (Å²) in [5.41, 5.74) is 1.59. The molecular formula is C11H16N6S. The van der Waals surface area contributed by atoms with E-state index >= 15 is 0 Å². The molecule has 1 atom stereocenters. The van der Waals surface area contributed by atoms with Crippen LogP contribution in [0.3, 0.4) is 0 Å². The molecule has 3 rings (SSSR count). The topological polar surface area (TPSA) is 78.5 Å². The van der Waals surface area contributed by atoms with E-state index in [0.717, 1.165) is 23.6 Å². The number of H-pyrrole nitrogens is 1. The summed E-state index contributed by atoms with van der Waals surface area (Å²) in [5.74, 6) is 3.83. The predicted molar refractivity (Wildman–Crippen MR) is 75.2 cm³/mol. The highest BCUT2D eigenvalue weighted by molar-refractivity contribution is 7.99. The molecule has 0 radical (unpaired) electrons. The molecule has 0 spiro atoms. The zero-order chi connectivity index (χ0) is 12.4. The lowest BCUT2D eigenvalue weighted by molar-refractivity contribution is 0.807. The van der Waals surface area contributed by atoms with Gasteiger partial charge in [0.1, 0.15) is 5.52 Å². The van der Waals surface area contributed by atoms with Crippen LogP contribution >= 0.6 is 11.8 Å². The molecule has 18 heavy (non-hydrogen) atoms. The lowest BCUT2D eigenvalue weighted by Gasteiger charge is -2.13. The van der Waals surface area contributed by atoms with E-state index in [9.17, 15) is 0 Å². The molecule has 1 fully saturated rings. The lowest BCUT2D eigenvalue weighted by atomic mass is 10.2. The van der Waals surface area contributed by atoms with Crippen LogP contribution in [-0.4, -0.2) is 44.0 Å². The second kappa shape index (κ2) is 5.01. The molecule has 0 bridgehead atoms. The molecule has 0 aromatic carbocycles. The van der Waals surface area contributed by atoms with Gasteiger partial charge in [0.05, 0.1) is 6.33 Å². The standard InChI is InChI=1S/C11H16N6S/c1-2-12-11-16-9-8(13-6-14-9)10(17-11)15-7-3-4-18-5-7/h6-7H,2-5H2,1H3,(H3,12,13,14,15,16,17). The van der Waals surface area contributed by atoms with Crippen molar-refractivity contribution in [1.82, 2.24) is 19.9 Å². The van der Waals surface area contributed by atoms with Crippen LogP contribution < -0.4 is 10.6 Å². The molecule has 3 heterocycles. The van der Waals surface area contributed by atoms with Gasteiger partial charge in [0.25, 0.3) is 0 Å². The lowest BCUT2D eigenvalue weighted by Crippen LogP contribution is -2.19. The Morgan fingerprint density at radius 1 is 1.50 bits per heavy atom. The Hall–Kier alpha value is -1.50. The molecule has 0 aliphatic carbocycles. The Labute approximate surface area is 109 Å². The van der Waals surface area contributed by atoms with Gasteiger partial charge in [-0.15, -0.1) is 0 Å². The Balaban J connectivity index is 1.93. The van der Waals surface area contributed by atoms with E-state index in [2.05, 4.69) is 30.6 Å². The van der Waals surface area contributed by atoms with Crippen molar-refractivity contribution in [3.63, 3.8) is 0 Å². The molecule has 1 unspecified atom stereocenters. The normalized spacial score (nSPS) is 19.3. The van der Waals surface area contributed by atoms with Gasteiger partial charge in [-0.05, 0) is 19.1 Å². The first-order valence-electron chi connectivity index (χ1n) is 6.16. The van der Waals surface area contributed by atoms with Crippen molar-refractivity contribution in [1.29, 1.82) is 0 Å². The van der Waals surface area contributed by atoms with E-state index in [4.69, 9.17) is 0 Å². The fraction of sp³-hybridized carbons (Fsp3) is 0.545. The minimum absolute atomic E-state index is 0.492. The van der Waals surface area contributed by atoms with Crippen LogP contribution in [0.5, 0.6) is 0 Å². The fourth-order valence-electron chi connectivity index (χ4n) is 2.02. The number of aromatic nitrogens is 4. The van der Waals surface area contributed by atoms with Crippen molar-refractivity contribution in [3.8, 4) is 0 Å². The highest BCUT2D eigenvalue weighted by Crippen LogP contribution is 2.24. The summed E-state index contributed by atoms with van der Waals surface area (Å²) in [7, 11) is 0. The van der Waals surface area contributed by atoms with Gasteiger partial charge in [-0.3, -0.25) is 0 Å². The molecule has 7 heteroatoms. The molecule has 1 saturated heterocycles. The first kappa shape index (κ1) is 11.6. The maximum absolute atomic E-state index is 4.51. The van der Waals surface area contributed by atoms with Crippen LogP contribution in [0.15, 0.2) is 6.33 Å². The van der Waals surface area contributed by atoms with E-state index in [-0.39, 0.29) is 0 Å². The Bertz CT molecular complexity index is 533. The zero-order valence-corrected chi connectivity index (χ0v) is 11.0. The number of aromatic amines is 1. The van der Waals surface area contributed by atoms with Gasteiger partial charge in [0.15, 0.2) is 11.5 Å². The van der Waals surface area contributed by atoms with Gasteiger partial charge in [-0.1, -0.05) is 0 Å². The van der Waals surface area contributed by atoms with E-state index in [1.807, 2.05) is 18.7 Å². The van der Waals surface area contributed by atoms with Crippen molar-refractivity contribution >= 4 is 34.7 Å². The first-order valence-corrected chi connectivity index (χ1v) is 7.31. The highest BCUT2D eigenvalue weighted by atomic mass is 32.2. The summed E-state index contributed by atoms with van der Waals surface area (Å²) >= 11 is 1.98. The minimum Gasteiger partial charge on any atom is -0.365 e. The van der Waals surface area contributed by atoms with Gasteiger partial charge >= 0.3 is 0 Å².